The van der Waals surface area contributed by atoms with Crippen LogP contribution in [-0.2, 0) is 11.2 Å². The number of fused-ring (bicyclic) bond motifs is 1. The van der Waals surface area contributed by atoms with Gasteiger partial charge in [0.15, 0.2) is 0 Å². The highest BCUT2D eigenvalue weighted by Crippen LogP contribution is 2.16. The number of piperidine rings is 1. The Labute approximate surface area is 125 Å². The lowest BCUT2D eigenvalue weighted by Crippen LogP contribution is -2.43. The fraction of sp³-hybridized carbons (Fsp3) is 0.389. The second-order valence-electron chi connectivity index (χ2n) is 5.81. The number of hydrogen-bond acceptors (Lipinski definition) is 2. The van der Waals surface area contributed by atoms with Gasteiger partial charge < -0.3 is 10.6 Å². The molecule has 3 rings (SSSR count). The average molecular weight is 282 g/mol. The van der Waals surface area contributed by atoms with Crippen LogP contribution in [0.1, 0.15) is 24.8 Å². The Balaban J connectivity index is 1.55. The first kappa shape index (κ1) is 14.1. The largest absolute Gasteiger partial charge is 0.354 e. The predicted octanol–water partition coefficient (Wildman–Crippen LogP) is 2.64. The molecule has 1 fully saturated rings. The van der Waals surface area contributed by atoms with Crippen LogP contribution < -0.4 is 10.6 Å². The molecule has 2 aromatic carbocycles. The second-order valence-corrected chi connectivity index (χ2v) is 5.81. The van der Waals surface area contributed by atoms with E-state index in [-0.39, 0.29) is 5.91 Å². The topological polar surface area (TPSA) is 41.1 Å². The zero-order valence-electron chi connectivity index (χ0n) is 12.3. The summed E-state index contributed by atoms with van der Waals surface area (Å²) >= 11 is 0. The van der Waals surface area contributed by atoms with Gasteiger partial charge in [-0.1, -0.05) is 48.9 Å². The van der Waals surface area contributed by atoms with E-state index >= 15 is 0 Å². The van der Waals surface area contributed by atoms with E-state index < -0.39 is 0 Å². The third-order valence-corrected chi connectivity index (χ3v) is 4.14. The summed E-state index contributed by atoms with van der Waals surface area (Å²) in [5.41, 5.74) is 1.07. The third-order valence-electron chi connectivity index (χ3n) is 4.14. The standard InChI is InChI=1S/C18H22N2O/c21-18(20-13-17-7-3-4-10-19-17)12-14-8-9-15-5-1-2-6-16(15)11-14/h1-2,5-6,8-9,11,17,19H,3-4,7,10,12-13H2,(H,20,21). The predicted molar refractivity (Wildman–Crippen MR) is 86.3 cm³/mol. The van der Waals surface area contributed by atoms with Gasteiger partial charge in [-0.2, -0.15) is 0 Å². The van der Waals surface area contributed by atoms with Crippen LogP contribution in [0.2, 0.25) is 0 Å². The van der Waals surface area contributed by atoms with Gasteiger partial charge >= 0.3 is 0 Å². The van der Waals surface area contributed by atoms with Crippen molar-refractivity contribution in [1.29, 1.82) is 0 Å². The van der Waals surface area contributed by atoms with E-state index in [0.717, 1.165) is 25.1 Å². The Morgan fingerprint density at radius 1 is 1.14 bits per heavy atom. The maximum absolute atomic E-state index is 12.1. The molecule has 110 valence electrons. The van der Waals surface area contributed by atoms with Crippen molar-refractivity contribution in [2.45, 2.75) is 31.7 Å². The van der Waals surface area contributed by atoms with Gasteiger partial charge in [0.05, 0.1) is 6.42 Å². The molecule has 0 radical (unpaired) electrons. The fourth-order valence-electron chi connectivity index (χ4n) is 2.93. The smallest absolute Gasteiger partial charge is 0.224 e. The monoisotopic (exact) mass is 282 g/mol. The van der Waals surface area contributed by atoms with Crippen molar-refractivity contribution in [3.8, 4) is 0 Å². The zero-order chi connectivity index (χ0) is 14.5. The average Bonchev–Trinajstić information content (AvgIpc) is 2.54. The van der Waals surface area contributed by atoms with Gasteiger partial charge in [-0.15, -0.1) is 0 Å². The highest BCUT2D eigenvalue weighted by molar-refractivity contribution is 5.85. The van der Waals surface area contributed by atoms with Crippen molar-refractivity contribution in [3.05, 3.63) is 48.0 Å². The van der Waals surface area contributed by atoms with Gasteiger partial charge in [0, 0.05) is 12.6 Å². The van der Waals surface area contributed by atoms with Crippen molar-refractivity contribution in [2.24, 2.45) is 0 Å². The lowest BCUT2D eigenvalue weighted by atomic mass is 10.0. The highest BCUT2D eigenvalue weighted by atomic mass is 16.1. The Morgan fingerprint density at radius 2 is 2.00 bits per heavy atom. The first-order chi connectivity index (χ1) is 10.3. The molecule has 1 amide bonds. The van der Waals surface area contributed by atoms with Gasteiger partial charge in [0.25, 0.3) is 0 Å². The van der Waals surface area contributed by atoms with Gasteiger partial charge in [-0.25, -0.2) is 0 Å². The summed E-state index contributed by atoms with van der Waals surface area (Å²) in [6.07, 6.45) is 4.13. The summed E-state index contributed by atoms with van der Waals surface area (Å²) < 4.78 is 0. The van der Waals surface area contributed by atoms with E-state index in [1.165, 1.54) is 23.6 Å². The molecule has 0 spiro atoms. The fourth-order valence-corrected chi connectivity index (χ4v) is 2.93. The zero-order valence-corrected chi connectivity index (χ0v) is 12.3. The molecule has 2 N–H and O–H groups in total. The SMILES string of the molecule is O=C(Cc1ccc2ccccc2c1)NCC1CCCCN1. The molecule has 1 unspecified atom stereocenters. The molecule has 3 nitrogen and oxygen atoms in total. The van der Waals surface area contributed by atoms with Crippen LogP contribution in [0.3, 0.4) is 0 Å². The van der Waals surface area contributed by atoms with E-state index in [0.29, 0.717) is 12.5 Å². The number of carbonyl (C=O) groups is 1. The van der Waals surface area contributed by atoms with Gasteiger partial charge in [-0.05, 0) is 35.7 Å². The van der Waals surface area contributed by atoms with Crippen LogP contribution in [0.25, 0.3) is 10.8 Å². The Bertz CT molecular complexity index is 617. The Kier molecular flexibility index (Phi) is 4.51. The minimum absolute atomic E-state index is 0.109. The summed E-state index contributed by atoms with van der Waals surface area (Å²) in [6.45, 7) is 1.82. The lowest BCUT2D eigenvalue weighted by Gasteiger charge is -2.23. The minimum Gasteiger partial charge on any atom is -0.354 e. The molecule has 1 aliphatic rings. The summed E-state index contributed by atoms with van der Waals surface area (Å²) in [7, 11) is 0. The van der Waals surface area contributed by atoms with Crippen molar-refractivity contribution in [2.75, 3.05) is 13.1 Å². The van der Waals surface area contributed by atoms with E-state index in [9.17, 15) is 4.79 Å². The van der Waals surface area contributed by atoms with Gasteiger partial charge in [-0.3, -0.25) is 4.79 Å². The van der Waals surface area contributed by atoms with E-state index in [4.69, 9.17) is 0 Å². The summed E-state index contributed by atoms with van der Waals surface area (Å²) in [5, 5.41) is 8.90. The van der Waals surface area contributed by atoms with Gasteiger partial charge in [0.2, 0.25) is 5.91 Å². The van der Waals surface area contributed by atoms with Crippen LogP contribution >= 0.6 is 0 Å². The number of nitrogens with one attached hydrogen (secondary N) is 2. The quantitative estimate of drug-likeness (QED) is 0.905. The summed E-state index contributed by atoms with van der Waals surface area (Å²) in [5.74, 6) is 0.109. The summed E-state index contributed by atoms with van der Waals surface area (Å²) in [6, 6.07) is 14.9. The van der Waals surface area contributed by atoms with Crippen LogP contribution in [0.15, 0.2) is 42.5 Å². The normalized spacial score (nSPS) is 18.6. The molecule has 1 heterocycles. The Morgan fingerprint density at radius 3 is 2.81 bits per heavy atom. The van der Waals surface area contributed by atoms with Crippen molar-refractivity contribution in [3.63, 3.8) is 0 Å². The molecule has 1 atom stereocenters. The van der Waals surface area contributed by atoms with Crippen molar-refractivity contribution < 1.29 is 4.79 Å². The third kappa shape index (κ3) is 3.82. The molecular formula is C18H22N2O. The van der Waals surface area contributed by atoms with Gasteiger partial charge in [0.1, 0.15) is 0 Å². The number of rotatable bonds is 4. The molecule has 3 heteroatoms. The van der Waals surface area contributed by atoms with Crippen molar-refractivity contribution in [1.82, 2.24) is 10.6 Å². The molecule has 2 aromatic rings. The van der Waals surface area contributed by atoms with E-state index in [1.807, 2.05) is 18.2 Å². The van der Waals surface area contributed by atoms with E-state index in [1.54, 1.807) is 0 Å². The van der Waals surface area contributed by atoms with Crippen molar-refractivity contribution >= 4 is 16.7 Å². The number of hydrogen-bond donors (Lipinski definition) is 2. The molecule has 0 aromatic heterocycles. The molecule has 0 saturated carbocycles. The number of carbonyl (C=O) groups excluding carboxylic acids is 1. The second kappa shape index (κ2) is 6.72. The minimum atomic E-state index is 0.109. The highest BCUT2D eigenvalue weighted by Gasteiger charge is 2.13. The van der Waals surface area contributed by atoms with Crippen LogP contribution in [0, 0.1) is 0 Å². The van der Waals surface area contributed by atoms with E-state index in [2.05, 4.69) is 34.9 Å². The summed E-state index contributed by atoms with van der Waals surface area (Å²) in [4.78, 5) is 12.1. The maximum Gasteiger partial charge on any atom is 0.224 e. The Hall–Kier alpha value is -1.87. The molecule has 1 saturated heterocycles. The molecule has 1 aliphatic heterocycles. The van der Waals surface area contributed by atoms with Crippen LogP contribution in [0.4, 0.5) is 0 Å². The maximum atomic E-state index is 12.1. The lowest BCUT2D eigenvalue weighted by molar-refractivity contribution is -0.120. The molecular weight excluding hydrogens is 260 g/mol. The van der Waals surface area contributed by atoms with Crippen LogP contribution in [0.5, 0.6) is 0 Å². The molecule has 0 bridgehead atoms. The molecule has 0 aliphatic carbocycles. The number of benzene rings is 2. The van der Waals surface area contributed by atoms with Crippen LogP contribution in [-0.4, -0.2) is 25.0 Å². The molecule has 21 heavy (non-hydrogen) atoms. The first-order valence-electron chi connectivity index (χ1n) is 7.79. The number of amides is 1. The first-order valence-corrected chi connectivity index (χ1v) is 7.79.